The second-order valence-corrected chi connectivity index (χ2v) is 5.03. The first-order chi connectivity index (χ1) is 9.75. The van der Waals surface area contributed by atoms with E-state index in [0.717, 1.165) is 37.4 Å². The maximum Gasteiger partial charge on any atom is 0.274 e. The number of rotatable bonds is 2. The molecule has 20 heavy (non-hydrogen) atoms. The van der Waals surface area contributed by atoms with Crippen LogP contribution in [0.2, 0.25) is 0 Å². The molecule has 0 saturated carbocycles. The summed E-state index contributed by atoms with van der Waals surface area (Å²) in [6, 6.07) is 7.45. The minimum absolute atomic E-state index is 0.0721. The van der Waals surface area contributed by atoms with Gasteiger partial charge in [-0.05, 0) is 30.7 Å². The highest BCUT2D eigenvalue weighted by Gasteiger charge is 2.27. The Morgan fingerprint density at radius 2 is 1.75 bits per heavy atom. The minimum Gasteiger partial charge on any atom is -0.399 e. The maximum absolute atomic E-state index is 12.7. The van der Waals surface area contributed by atoms with Gasteiger partial charge < -0.3 is 20.3 Å². The van der Waals surface area contributed by atoms with Crippen LogP contribution >= 0.6 is 0 Å². The van der Waals surface area contributed by atoms with Crippen LogP contribution in [0.25, 0.3) is 0 Å². The van der Waals surface area contributed by atoms with Gasteiger partial charge in [-0.3, -0.25) is 4.79 Å². The molecular formula is C15H19N3O2. The van der Waals surface area contributed by atoms with Crippen LogP contribution in [0.15, 0.2) is 36.0 Å². The average Bonchev–Trinajstić information content (AvgIpc) is 2.49. The first-order valence-corrected chi connectivity index (χ1v) is 6.96. The van der Waals surface area contributed by atoms with Crippen LogP contribution < -0.4 is 10.6 Å². The Labute approximate surface area is 118 Å². The van der Waals surface area contributed by atoms with Gasteiger partial charge in [0.05, 0.1) is 18.9 Å². The Kier molecular flexibility index (Phi) is 3.60. The summed E-state index contributed by atoms with van der Waals surface area (Å²) in [6.07, 6.45) is 2.92. The topological polar surface area (TPSA) is 58.8 Å². The summed E-state index contributed by atoms with van der Waals surface area (Å²) >= 11 is 0. The van der Waals surface area contributed by atoms with E-state index < -0.39 is 0 Å². The number of anilines is 2. The first kappa shape index (κ1) is 13.0. The van der Waals surface area contributed by atoms with E-state index in [2.05, 4.69) is 4.90 Å². The number of nitrogen functional groups attached to an aromatic ring is 1. The standard InChI is InChI=1S/C15H19N3O2/c16-12-3-5-13(6-4-12)18-7-1-2-14(15(18)19)17-8-10-20-11-9-17/h2-6H,1,7-11,16H2. The van der Waals surface area contributed by atoms with E-state index in [1.54, 1.807) is 0 Å². The summed E-state index contributed by atoms with van der Waals surface area (Å²) in [7, 11) is 0. The SMILES string of the molecule is Nc1ccc(N2CCC=C(N3CCOCC3)C2=O)cc1. The number of morpholine rings is 1. The van der Waals surface area contributed by atoms with Gasteiger partial charge in [-0.15, -0.1) is 0 Å². The Bertz CT molecular complexity index is 518. The van der Waals surface area contributed by atoms with Gasteiger partial charge in [-0.1, -0.05) is 6.08 Å². The fraction of sp³-hybridized carbons (Fsp3) is 0.400. The second-order valence-electron chi connectivity index (χ2n) is 5.03. The number of hydrogen-bond acceptors (Lipinski definition) is 4. The van der Waals surface area contributed by atoms with Crippen molar-refractivity contribution in [3.8, 4) is 0 Å². The number of hydrogen-bond donors (Lipinski definition) is 1. The molecule has 2 aliphatic heterocycles. The molecule has 2 aliphatic rings. The molecule has 1 saturated heterocycles. The number of benzene rings is 1. The van der Waals surface area contributed by atoms with Gasteiger partial charge in [0.15, 0.2) is 0 Å². The Balaban J connectivity index is 1.80. The van der Waals surface area contributed by atoms with Crippen LogP contribution in [0, 0.1) is 0 Å². The highest BCUT2D eigenvalue weighted by molar-refractivity contribution is 6.06. The van der Waals surface area contributed by atoms with Crippen LogP contribution in [0.5, 0.6) is 0 Å². The molecular weight excluding hydrogens is 254 g/mol. The molecule has 0 unspecified atom stereocenters. The lowest BCUT2D eigenvalue weighted by atomic mass is 10.1. The molecule has 1 fully saturated rings. The average molecular weight is 273 g/mol. The van der Waals surface area contributed by atoms with Gasteiger partial charge in [0, 0.05) is 31.0 Å². The molecule has 0 aromatic heterocycles. The lowest BCUT2D eigenvalue weighted by Crippen LogP contribution is -2.45. The maximum atomic E-state index is 12.7. The minimum atomic E-state index is 0.0721. The van der Waals surface area contributed by atoms with Gasteiger partial charge in [0.25, 0.3) is 5.91 Å². The van der Waals surface area contributed by atoms with Crippen LogP contribution in [0.4, 0.5) is 11.4 Å². The number of carbonyl (C=O) groups is 1. The molecule has 5 nitrogen and oxygen atoms in total. The van der Waals surface area contributed by atoms with Gasteiger partial charge in [-0.25, -0.2) is 0 Å². The fourth-order valence-electron chi connectivity index (χ4n) is 2.63. The van der Waals surface area contributed by atoms with Crippen molar-refractivity contribution in [3.63, 3.8) is 0 Å². The molecule has 0 spiro atoms. The van der Waals surface area contributed by atoms with Crippen molar-refractivity contribution >= 4 is 17.3 Å². The quantitative estimate of drug-likeness (QED) is 0.823. The van der Waals surface area contributed by atoms with Gasteiger partial charge >= 0.3 is 0 Å². The normalized spacial score (nSPS) is 20.0. The third kappa shape index (κ3) is 2.49. The summed E-state index contributed by atoms with van der Waals surface area (Å²) in [5.41, 5.74) is 8.12. The zero-order chi connectivity index (χ0) is 13.9. The first-order valence-electron chi connectivity index (χ1n) is 6.96. The van der Waals surface area contributed by atoms with Crippen LogP contribution in [-0.4, -0.2) is 43.7 Å². The summed E-state index contributed by atoms with van der Waals surface area (Å²) in [4.78, 5) is 16.6. The van der Waals surface area contributed by atoms with E-state index in [1.807, 2.05) is 35.2 Å². The van der Waals surface area contributed by atoms with Gasteiger partial charge in [0.2, 0.25) is 0 Å². The largest absolute Gasteiger partial charge is 0.399 e. The summed E-state index contributed by atoms with van der Waals surface area (Å²) < 4.78 is 5.34. The Hall–Kier alpha value is -2.01. The highest BCUT2D eigenvalue weighted by Crippen LogP contribution is 2.24. The van der Waals surface area contributed by atoms with Crippen molar-refractivity contribution in [1.82, 2.24) is 4.90 Å². The molecule has 5 heteroatoms. The smallest absolute Gasteiger partial charge is 0.274 e. The highest BCUT2D eigenvalue weighted by atomic mass is 16.5. The molecule has 0 atom stereocenters. The summed E-state index contributed by atoms with van der Waals surface area (Å²) in [5, 5.41) is 0. The van der Waals surface area contributed by atoms with Crippen LogP contribution in [0.3, 0.4) is 0 Å². The van der Waals surface area contributed by atoms with Crippen molar-refractivity contribution in [2.75, 3.05) is 43.5 Å². The van der Waals surface area contributed by atoms with Crippen molar-refractivity contribution in [3.05, 3.63) is 36.0 Å². The van der Waals surface area contributed by atoms with E-state index in [-0.39, 0.29) is 5.91 Å². The van der Waals surface area contributed by atoms with E-state index >= 15 is 0 Å². The zero-order valence-electron chi connectivity index (χ0n) is 11.4. The third-order valence-electron chi connectivity index (χ3n) is 3.71. The lowest BCUT2D eigenvalue weighted by molar-refractivity contribution is -0.117. The van der Waals surface area contributed by atoms with E-state index in [0.29, 0.717) is 18.9 Å². The lowest BCUT2D eigenvalue weighted by Gasteiger charge is -2.35. The number of amides is 1. The molecule has 0 aliphatic carbocycles. The van der Waals surface area contributed by atoms with Gasteiger partial charge in [0.1, 0.15) is 0 Å². The predicted molar refractivity (Wildman–Crippen MR) is 78.3 cm³/mol. The van der Waals surface area contributed by atoms with E-state index in [1.165, 1.54) is 0 Å². The van der Waals surface area contributed by atoms with Gasteiger partial charge in [-0.2, -0.15) is 0 Å². The third-order valence-corrected chi connectivity index (χ3v) is 3.71. The molecule has 1 amide bonds. The van der Waals surface area contributed by atoms with E-state index in [4.69, 9.17) is 10.5 Å². The molecule has 2 N–H and O–H groups in total. The molecule has 1 aromatic rings. The summed E-state index contributed by atoms with van der Waals surface area (Å²) in [6.45, 7) is 3.66. The van der Waals surface area contributed by atoms with Crippen molar-refractivity contribution in [2.24, 2.45) is 0 Å². The second kappa shape index (κ2) is 5.54. The monoisotopic (exact) mass is 273 g/mol. The molecule has 0 radical (unpaired) electrons. The van der Waals surface area contributed by atoms with Crippen molar-refractivity contribution < 1.29 is 9.53 Å². The molecule has 3 rings (SSSR count). The van der Waals surface area contributed by atoms with Crippen molar-refractivity contribution in [2.45, 2.75) is 6.42 Å². The number of carbonyl (C=O) groups excluding carboxylic acids is 1. The van der Waals surface area contributed by atoms with Crippen LogP contribution in [0.1, 0.15) is 6.42 Å². The molecule has 0 bridgehead atoms. The fourth-order valence-corrected chi connectivity index (χ4v) is 2.63. The van der Waals surface area contributed by atoms with Crippen LogP contribution in [-0.2, 0) is 9.53 Å². The molecule has 106 valence electrons. The predicted octanol–water partition coefficient (Wildman–Crippen LogP) is 1.22. The number of nitrogens with zero attached hydrogens (tertiary/aromatic N) is 2. The Morgan fingerprint density at radius 1 is 1.05 bits per heavy atom. The number of nitrogens with two attached hydrogens (primary N) is 1. The molecule has 1 aromatic carbocycles. The van der Waals surface area contributed by atoms with E-state index in [9.17, 15) is 4.79 Å². The zero-order valence-corrected chi connectivity index (χ0v) is 11.4. The summed E-state index contributed by atoms with van der Waals surface area (Å²) in [5.74, 6) is 0.0721. The Morgan fingerprint density at radius 3 is 2.45 bits per heavy atom. The van der Waals surface area contributed by atoms with Crippen molar-refractivity contribution in [1.29, 1.82) is 0 Å². The number of ether oxygens (including phenoxy) is 1. The molecule has 2 heterocycles.